The van der Waals surface area contributed by atoms with Crippen LogP contribution in [0.3, 0.4) is 0 Å². The summed E-state index contributed by atoms with van der Waals surface area (Å²) in [5.41, 5.74) is 2.04. The third-order valence-electron chi connectivity index (χ3n) is 2.55. The second-order valence-corrected chi connectivity index (χ2v) is 4.38. The summed E-state index contributed by atoms with van der Waals surface area (Å²) >= 11 is 5.82. The number of hydrogen-bond donors (Lipinski definition) is 0. The van der Waals surface area contributed by atoms with E-state index in [4.69, 9.17) is 21.6 Å². The number of ether oxygens (including phenoxy) is 1. The lowest BCUT2D eigenvalue weighted by Gasteiger charge is -2.06. The first-order chi connectivity index (χ1) is 9.28. The Labute approximate surface area is 117 Å². The van der Waals surface area contributed by atoms with Crippen LogP contribution in [0.5, 0.6) is 5.75 Å². The van der Waals surface area contributed by atoms with Gasteiger partial charge < -0.3 is 4.74 Å². The maximum Gasteiger partial charge on any atom is 0.119 e. The number of allylic oxidation sites excluding steroid dienone is 1. The molecule has 0 atom stereocenters. The van der Waals surface area contributed by atoms with Gasteiger partial charge in [-0.05, 0) is 41.5 Å². The van der Waals surface area contributed by atoms with Gasteiger partial charge in [0.05, 0.1) is 6.07 Å². The van der Waals surface area contributed by atoms with Crippen molar-refractivity contribution in [2.24, 2.45) is 0 Å². The molecule has 2 aromatic rings. The molecular formula is C16H12ClNO. The van der Waals surface area contributed by atoms with Gasteiger partial charge in [-0.3, -0.25) is 0 Å². The van der Waals surface area contributed by atoms with E-state index in [0.29, 0.717) is 6.61 Å². The Kier molecular flexibility index (Phi) is 4.60. The zero-order valence-electron chi connectivity index (χ0n) is 10.2. The summed E-state index contributed by atoms with van der Waals surface area (Å²) in [7, 11) is 0. The largest absolute Gasteiger partial charge is 0.489 e. The van der Waals surface area contributed by atoms with Crippen LogP contribution in [0.15, 0.2) is 54.6 Å². The maximum absolute atomic E-state index is 8.44. The first kappa shape index (κ1) is 13.2. The lowest BCUT2D eigenvalue weighted by Crippen LogP contribution is -1.94. The Morgan fingerprint density at radius 3 is 2.37 bits per heavy atom. The Balaban J connectivity index is 1.95. The normalized spacial score (nSPS) is 10.3. The fraction of sp³-hybridized carbons (Fsp3) is 0.0625. The van der Waals surface area contributed by atoms with Crippen molar-refractivity contribution in [3.63, 3.8) is 0 Å². The first-order valence-corrected chi connectivity index (χ1v) is 6.19. The molecule has 0 N–H and O–H groups in total. The van der Waals surface area contributed by atoms with Crippen LogP contribution in [0.1, 0.15) is 11.1 Å². The number of nitrogens with zero attached hydrogens (tertiary/aromatic N) is 1. The molecule has 0 amide bonds. The Bertz CT molecular complexity index is 594. The molecule has 2 aromatic carbocycles. The van der Waals surface area contributed by atoms with Crippen molar-refractivity contribution in [3.05, 3.63) is 70.8 Å². The van der Waals surface area contributed by atoms with Gasteiger partial charge in [-0.25, -0.2) is 0 Å². The zero-order chi connectivity index (χ0) is 13.5. The van der Waals surface area contributed by atoms with Crippen LogP contribution in [0.4, 0.5) is 0 Å². The number of nitriles is 1. The molecule has 0 unspecified atom stereocenters. The molecular weight excluding hydrogens is 258 g/mol. The summed E-state index contributed by atoms with van der Waals surface area (Å²) in [5.74, 6) is 0.795. The molecule has 19 heavy (non-hydrogen) atoms. The van der Waals surface area contributed by atoms with Gasteiger partial charge in [-0.1, -0.05) is 35.9 Å². The van der Waals surface area contributed by atoms with Crippen molar-refractivity contribution in [2.75, 3.05) is 0 Å². The van der Waals surface area contributed by atoms with E-state index in [0.717, 1.165) is 21.9 Å². The predicted molar refractivity (Wildman–Crippen MR) is 76.9 cm³/mol. The molecule has 0 heterocycles. The van der Waals surface area contributed by atoms with Crippen molar-refractivity contribution in [2.45, 2.75) is 6.61 Å². The van der Waals surface area contributed by atoms with E-state index in [2.05, 4.69) is 0 Å². The van der Waals surface area contributed by atoms with Gasteiger partial charge in [0, 0.05) is 11.1 Å². The van der Waals surface area contributed by atoms with Crippen molar-refractivity contribution in [1.29, 1.82) is 5.26 Å². The minimum Gasteiger partial charge on any atom is -0.489 e. The van der Waals surface area contributed by atoms with E-state index in [-0.39, 0.29) is 0 Å². The lowest BCUT2D eigenvalue weighted by molar-refractivity contribution is 0.306. The van der Waals surface area contributed by atoms with Gasteiger partial charge in [0.25, 0.3) is 0 Å². The molecule has 94 valence electrons. The average molecular weight is 270 g/mol. The molecule has 0 spiro atoms. The number of halogens is 1. The van der Waals surface area contributed by atoms with E-state index >= 15 is 0 Å². The molecule has 0 aliphatic heterocycles. The lowest BCUT2D eigenvalue weighted by atomic mass is 10.2. The van der Waals surface area contributed by atoms with E-state index < -0.39 is 0 Å². The molecule has 0 fully saturated rings. The summed E-state index contributed by atoms with van der Waals surface area (Å²) < 4.78 is 5.66. The van der Waals surface area contributed by atoms with E-state index in [1.54, 1.807) is 6.08 Å². The third-order valence-corrected chi connectivity index (χ3v) is 2.80. The molecule has 2 nitrogen and oxygen atoms in total. The van der Waals surface area contributed by atoms with Gasteiger partial charge in [-0.2, -0.15) is 5.26 Å². The van der Waals surface area contributed by atoms with Crippen LogP contribution in [0, 0.1) is 11.3 Å². The summed E-state index contributed by atoms with van der Waals surface area (Å²) in [6, 6.07) is 17.1. The highest BCUT2D eigenvalue weighted by Gasteiger charge is 1.96. The zero-order valence-corrected chi connectivity index (χ0v) is 11.0. The third kappa shape index (κ3) is 4.17. The number of hydrogen-bond acceptors (Lipinski definition) is 2. The van der Waals surface area contributed by atoms with Gasteiger partial charge in [0.15, 0.2) is 0 Å². The van der Waals surface area contributed by atoms with Crippen LogP contribution in [-0.2, 0) is 6.61 Å². The second-order valence-electron chi connectivity index (χ2n) is 3.95. The molecule has 0 aliphatic carbocycles. The van der Waals surface area contributed by atoms with Crippen molar-refractivity contribution >= 4 is 17.7 Å². The molecule has 0 aromatic heterocycles. The minimum atomic E-state index is 0.505. The SMILES string of the molecule is N#CC=Cc1ccc(OCc2ccc(Cl)cc2)cc1. The fourth-order valence-electron chi connectivity index (χ4n) is 1.56. The van der Waals surface area contributed by atoms with Gasteiger partial charge >= 0.3 is 0 Å². The number of rotatable bonds is 4. The highest BCUT2D eigenvalue weighted by Crippen LogP contribution is 2.16. The van der Waals surface area contributed by atoms with Gasteiger partial charge in [-0.15, -0.1) is 0 Å². The fourth-order valence-corrected chi connectivity index (χ4v) is 1.68. The monoisotopic (exact) mass is 269 g/mol. The molecule has 0 radical (unpaired) electrons. The van der Waals surface area contributed by atoms with Crippen LogP contribution < -0.4 is 4.74 Å². The highest BCUT2D eigenvalue weighted by atomic mass is 35.5. The second kappa shape index (κ2) is 6.63. The van der Waals surface area contributed by atoms with Crippen molar-refractivity contribution in [1.82, 2.24) is 0 Å². The smallest absolute Gasteiger partial charge is 0.119 e. The van der Waals surface area contributed by atoms with E-state index in [9.17, 15) is 0 Å². The molecule has 2 rings (SSSR count). The van der Waals surface area contributed by atoms with Crippen LogP contribution >= 0.6 is 11.6 Å². The molecule has 0 bridgehead atoms. The average Bonchev–Trinajstić information content (AvgIpc) is 2.46. The van der Waals surface area contributed by atoms with E-state index in [1.165, 1.54) is 6.08 Å². The highest BCUT2D eigenvalue weighted by molar-refractivity contribution is 6.30. The summed E-state index contributed by atoms with van der Waals surface area (Å²) in [6.07, 6.45) is 3.20. The first-order valence-electron chi connectivity index (χ1n) is 5.81. The quantitative estimate of drug-likeness (QED) is 0.768. The molecule has 0 aliphatic rings. The van der Waals surface area contributed by atoms with Gasteiger partial charge in [0.2, 0.25) is 0 Å². The van der Waals surface area contributed by atoms with Crippen LogP contribution in [-0.4, -0.2) is 0 Å². The predicted octanol–water partition coefficient (Wildman–Crippen LogP) is 4.46. The van der Waals surface area contributed by atoms with Gasteiger partial charge in [0.1, 0.15) is 12.4 Å². The van der Waals surface area contributed by atoms with Crippen LogP contribution in [0.2, 0.25) is 5.02 Å². The van der Waals surface area contributed by atoms with Crippen LogP contribution in [0.25, 0.3) is 6.08 Å². The minimum absolute atomic E-state index is 0.505. The standard InChI is InChI=1S/C16H12ClNO/c17-15-7-3-14(4-8-15)12-19-16-9-5-13(6-10-16)2-1-11-18/h1-10H,12H2. The summed E-state index contributed by atoms with van der Waals surface area (Å²) in [5, 5.41) is 9.16. The number of benzene rings is 2. The topological polar surface area (TPSA) is 33.0 Å². The Morgan fingerprint density at radius 2 is 1.74 bits per heavy atom. The summed E-state index contributed by atoms with van der Waals surface area (Å²) in [4.78, 5) is 0. The molecule has 0 saturated heterocycles. The maximum atomic E-state index is 8.44. The van der Waals surface area contributed by atoms with Crippen molar-refractivity contribution < 1.29 is 4.74 Å². The molecule has 3 heteroatoms. The Hall–Kier alpha value is -2.24. The Morgan fingerprint density at radius 1 is 1.05 bits per heavy atom. The van der Waals surface area contributed by atoms with E-state index in [1.807, 2.05) is 54.6 Å². The molecule has 0 saturated carbocycles. The van der Waals surface area contributed by atoms with Crippen molar-refractivity contribution in [3.8, 4) is 11.8 Å². The summed E-state index contributed by atoms with van der Waals surface area (Å²) in [6.45, 7) is 0.505.